The van der Waals surface area contributed by atoms with Crippen molar-refractivity contribution in [1.29, 1.82) is 0 Å². The van der Waals surface area contributed by atoms with Gasteiger partial charge in [0.25, 0.3) is 5.91 Å². The van der Waals surface area contributed by atoms with Crippen LogP contribution < -0.4 is 5.32 Å². The number of amides is 1. The Morgan fingerprint density at radius 1 is 0.929 bits per heavy atom. The number of aliphatic carboxylic acids is 1. The first-order valence-electron chi connectivity index (χ1n) is 9.06. The number of nitrogens with one attached hydrogen (secondary N) is 1. The number of alkyl halides is 3. The molecule has 4 nitrogen and oxygen atoms in total. The minimum Gasteiger partial charge on any atom is -0.481 e. The zero-order chi connectivity index (χ0) is 20.3. The SMILES string of the molecule is O=C(NC1CCC(C(=O)O)CC1)c1ccccc1-c1ccc(C(F)(F)F)cc1. The lowest BCUT2D eigenvalue weighted by Gasteiger charge is -2.27. The zero-order valence-corrected chi connectivity index (χ0v) is 15.0. The van der Waals surface area contributed by atoms with Crippen molar-refractivity contribution in [2.45, 2.75) is 37.9 Å². The summed E-state index contributed by atoms with van der Waals surface area (Å²) in [6.45, 7) is 0. The fraction of sp³-hybridized carbons (Fsp3) is 0.333. The molecule has 1 saturated carbocycles. The van der Waals surface area contributed by atoms with E-state index in [-0.39, 0.29) is 17.9 Å². The molecule has 2 aromatic carbocycles. The molecule has 2 aromatic rings. The Morgan fingerprint density at radius 2 is 1.54 bits per heavy atom. The molecule has 0 aliphatic heterocycles. The Bertz CT molecular complexity index is 854. The number of carboxylic acid groups (broad SMARTS) is 1. The van der Waals surface area contributed by atoms with Gasteiger partial charge in [-0.05, 0) is 55.0 Å². The summed E-state index contributed by atoms with van der Waals surface area (Å²) in [5.41, 5.74) is 0.706. The van der Waals surface area contributed by atoms with Crippen molar-refractivity contribution in [3.8, 4) is 11.1 Å². The van der Waals surface area contributed by atoms with Gasteiger partial charge in [0.15, 0.2) is 0 Å². The predicted molar refractivity (Wildman–Crippen MR) is 97.7 cm³/mol. The summed E-state index contributed by atoms with van der Waals surface area (Å²) < 4.78 is 38.3. The summed E-state index contributed by atoms with van der Waals surface area (Å²) >= 11 is 0. The van der Waals surface area contributed by atoms with Crippen LogP contribution in [-0.2, 0) is 11.0 Å². The maximum Gasteiger partial charge on any atom is 0.416 e. The second-order valence-electron chi connectivity index (χ2n) is 6.98. The van der Waals surface area contributed by atoms with Gasteiger partial charge in [0.2, 0.25) is 0 Å². The molecule has 1 amide bonds. The predicted octanol–water partition coefficient (Wildman–Crippen LogP) is 4.75. The van der Waals surface area contributed by atoms with Gasteiger partial charge >= 0.3 is 12.1 Å². The second kappa shape index (κ2) is 8.04. The molecular formula is C21H20F3NO3. The average Bonchev–Trinajstić information content (AvgIpc) is 2.68. The Morgan fingerprint density at radius 3 is 2.11 bits per heavy atom. The summed E-state index contributed by atoms with van der Waals surface area (Å²) in [5.74, 6) is -1.49. The van der Waals surface area contributed by atoms with Crippen LogP contribution in [0.25, 0.3) is 11.1 Å². The minimum absolute atomic E-state index is 0.108. The van der Waals surface area contributed by atoms with Gasteiger partial charge in [-0.15, -0.1) is 0 Å². The summed E-state index contributed by atoms with van der Waals surface area (Å²) in [5, 5.41) is 12.0. The number of hydrogen-bond donors (Lipinski definition) is 2. The molecule has 0 saturated heterocycles. The Kier molecular flexibility index (Phi) is 5.72. The molecule has 1 fully saturated rings. The molecule has 0 aromatic heterocycles. The summed E-state index contributed by atoms with van der Waals surface area (Å²) in [4.78, 5) is 23.8. The number of rotatable bonds is 4. The van der Waals surface area contributed by atoms with E-state index in [1.54, 1.807) is 24.3 Å². The van der Waals surface area contributed by atoms with Gasteiger partial charge < -0.3 is 10.4 Å². The Hall–Kier alpha value is -2.83. The van der Waals surface area contributed by atoms with Crippen molar-refractivity contribution in [3.05, 3.63) is 59.7 Å². The largest absolute Gasteiger partial charge is 0.481 e. The van der Waals surface area contributed by atoms with Gasteiger partial charge in [0.05, 0.1) is 11.5 Å². The zero-order valence-electron chi connectivity index (χ0n) is 15.0. The lowest BCUT2D eigenvalue weighted by molar-refractivity contribution is -0.143. The molecule has 1 aliphatic carbocycles. The van der Waals surface area contributed by atoms with Crippen LogP contribution in [-0.4, -0.2) is 23.0 Å². The van der Waals surface area contributed by atoms with Gasteiger partial charge in [0, 0.05) is 11.6 Å². The van der Waals surface area contributed by atoms with Crippen molar-refractivity contribution >= 4 is 11.9 Å². The van der Waals surface area contributed by atoms with Gasteiger partial charge in [0.1, 0.15) is 0 Å². The van der Waals surface area contributed by atoms with Crippen LogP contribution in [0.5, 0.6) is 0 Å². The molecule has 0 unspecified atom stereocenters. The lowest BCUT2D eigenvalue weighted by Crippen LogP contribution is -2.38. The van der Waals surface area contributed by atoms with Crippen LogP contribution in [0.2, 0.25) is 0 Å². The van der Waals surface area contributed by atoms with E-state index in [2.05, 4.69) is 5.32 Å². The van der Waals surface area contributed by atoms with Crippen LogP contribution >= 0.6 is 0 Å². The smallest absolute Gasteiger partial charge is 0.416 e. The fourth-order valence-corrected chi connectivity index (χ4v) is 3.52. The van der Waals surface area contributed by atoms with E-state index in [4.69, 9.17) is 5.11 Å². The monoisotopic (exact) mass is 391 g/mol. The minimum atomic E-state index is -4.41. The third-order valence-corrected chi connectivity index (χ3v) is 5.11. The van der Waals surface area contributed by atoms with E-state index in [9.17, 15) is 22.8 Å². The molecule has 1 aliphatic rings. The molecule has 3 rings (SSSR count). The number of carbonyl (C=O) groups excluding carboxylic acids is 1. The molecule has 148 valence electrons. The highest BCUT2D eigenvalue weighted by Crippen LogP contribution is 2.32. The molecule has 0 radical (unpaired) electrons. The van der Waals surface area contributed by atoms with Gasteiger partial charge in [-0.3, -0.25) is 9.59 Å². The quantitative estimate of drug-likeness (QED) is 0.791. The van der Waals surface area contributed by atoms with Crippen LogP contribution in [0.3, 0.4) is 0 Å². The molecule has 28 heavy (non-hydrogen) atoms. The first-order valence-corrected chi connectivity index (χ1v) is 9.06. The molecule has 0 spiro atoms. The molecule has 0 heterocycles. The normalized spacial score (nSPS) is 19.8. The van der Waals surface area contributed by atoms with Crippen LogP contribution in [0.4, 0.5) is 13.2 Å². The van der Waals surface area contributed by atoms with Crippen molar-refractivity contribution in [2.75, 3.05) is 0 Å². The molecule has 2 N–H and O–H groups in total. The molecule has 0 atom stereocenters. The van der Waals surface area contributed by atoms with Crippen LogP contribution in [0.1, 0.15) is 41.6 Å². The number of halogens is 3. The highest BCUT2D eigenvalue weighted by Gasteiger charge is 2.30. The average molecular weight is 391 g/mol. The third kappa shape index (κ3) is 4.52. The van der Waals surface area contributed by atoms with E-state index < -0.39 is 17.7 Å². The number of carboxylic acids is 1. The van der Waals surface area contributed by atoms with Gasteiger partial charge in [-0.25, -0.2) is 0 Å². The molecular weight excluding hydrogens is 371 g/mol. The highest BCUT2D eigenvalue weighted by atomic mass is 19.4. The summed E-state index contributed by atoms with van der Waals surface area (Å²) in [7, 11) is 0. The Balaban J connectivity index is 1.75. The maximum atomic E-state index is 12.8. The fourth-order valence-electron chi connectivity index (χ4n) is 3.52. The summed E-state index contributed by atoms with van der Waals surface area (Å²) in [6, 6.07) is 11.3. The third-order valence-electron chi connectivity index (χ3n) is 5.11. The number of hydrogen-bond acceptors (Lipinski definition) is 2. The van der Waals surface area contributed by atoms with E-state index >= 15 is 0 Å². The highest BCUT2D eigenvalue weighted by molar-refractivity contribution is 6.01. The van der Waals surface area contributed by atoms with Crippen molar-refractivity contribution in [3.63, 3.8) is 0 Å². The van der Waals surface area contributed by atoms with Crippen LogP contribution in [0.15, 0.2) is 48.5 Å². The first-order chi connectivity index (χ1) is 13.3. The summed E-state index contributed by atoms with van der Waals surface area (Å²) in [6.07, 6.45) is -2.21. The Labute approximate surface area is 160 Å². The van der Waals surface area contributed by atoms with E-state index in [0.29, 0.717) is 42.4 Å². The van der Waals surface area contributed by atoms with Crippen molar-refractivity contribution < 1.29 is 27.9 Å². The molecule has 7 heteroatoms. The second-order valence-corrected chi connectivity index (χ2v) is 6.98. The van der Waals surface area contributed by atoms with Gasteiger partial charge in [-0.1, -0.05) is 30.3 Å². The number of benzene rings is 2. The van der Waals surface area contributed by atoms with E-state index in [1.165, 1.54) is 12.1 Å². The van der Waals surface area contributed by atoms with E-state index in [1.807, 2.05) is 0 Å². The number of carbonyl (C=O) groups is 2. The topological polar surface area (TPSA) is 66.4 Å². The van der Waals surface area contributed by atoms with Gasteiger partial charge in [-0.2, -0.15) is 13.2 Å². The molecule has 0 bridgehead atoms. The van der Waals surface area contributed by atoms with Crippen molar-refractivity contribution in [2.24, 2.45) is 5.92 Å². The van der Waals surface area contributed by atoms with Crippen LogP contribution in [0, 0.1) is 5.92 Å². The van der Waals surface area contributed by atoms with E-state index in [0.717, 1.165) is 12.1 Å². The maximum absolute atomic E-state index is 12.8. The lowest BCUT2D eigenvalue weighted by atomic mass is 9.86. The standard InChI is InChI=1S/C21H20F3NO3/c22-21(23,24)15-9-5-13(6-10-15)17-3-1-2-4-18(17)19(26)25-16-11-7-14(8-12-16)20(27)28/h1-6,9-10,14,16H,7-8,11-12H2,(H,25,26)(H,27,28). The first kappa shape index (κ1) is 19.9. The van der Waals surface area contributed by atoms with Crippen molar-refractivity contribution in [1.82, 2.24) is 5.32 Å².